The van der Waals surface area contributed by atoms with Crippen LogP contribution < -0.4 is 33.2 Å². The van der Waals surface area contributed by atoms with Gasteiger partial charge in [-0.15, -0.1) is 0 Å². The topological polar surface area (TPSA) is 265 Å². The summed E-state index contributed by atoms with van der Waals surface area (Å²) < 4.78 is 0. The van der Waals surface area contributed by atoms with E-state index in [-0.39, 0.29) is 38.0 Å². The summed E-state index contributed by atoms with van der Waals surface area (Å²) in [7, 11) is 0. The van der Waals surface area contributed by atoms with Crippen LogP contribution in [0.5, 0.6) is 0 Å². The van der Waals surface area contributed by atoms with Gasteiger partial charge in [-0.1, -0.05) is 13.8 Å². The third-order valence-corrected chi connectivity index (χ3v) is 5.28. The molecule has 37 heavy (non-hydrogen) atoms. The Morgan fingerprint density at radius 3 is 1.78 bits per heavy atom. The molecule has 1 heterocycles. The first-order valence-corrected chi connectivity index (χ1v) is 11.7. The van der Waals surface area contributed by atoms with Gasteiger partial charge in [0.05, 0.1) is 12.4 Å². The highest BCUT2D eigenvalue weighted by Crippen LogP contribution is 2.07. The largest absolute Gasteiger partial charge is 0.480 e. The number of hydrogen-bond acceptors (Lipinski definition) is 8. The second-order valence-electron chi connectivity index (χ2n) is 9.05. The number of nitrogens with zero attached hydrogens (tertiary/aromatic N) is 1. The maximum absolute atomic E-state index is 13.0. The predicted octanol–water partition coefficient (Wildman–Crippen LogP) is -2.60. The number of aromatic amines is 1. The molecule has 0 bridgehead atoms. The van der Waals surface area contributed by atoms with Crippen LogP contribution in [0.2, 0.25) is 0 Å². The maximum atomic E-state index is 13.0. The van der Waals surface area contributed by atoms with Crippen LogP contribution in [0, 0.1) is 5.92 Å². The zero-order valence-electron chi connectivity index (χ0n) is 20.9. The normalized spacial score (nSPS) is 14.2. The van der Waals surface area contributed by atoms with Crippen LogP contribution in [0.25, 0.3) is 0 Å². The minimum Gasteiger partial charge on any atom is -0.480 e. The van der Waals surface area contributed by atoms with Crippen LogP contribution in [-0.4, -0.2) is 74.7 Å². The maximum Gasteiger partial charge on any atom is 0.326 e. The highest BCUT2D eigenvalue weighted by Gasteiger charge is 2.31. The lowest BCUT2D eigenvalue weighted by molar-refractivity contribution is -0.142. The molecule has 0 saturated heterocycles. The Balaban J connectivity index is 3.03. The molecule has 1 aromatic heterocycles. The number of nitrogens with one attached hydrogen (secondary N) is 4. The monoisotopic (exact) mass is 524 g/mol. The molecule has 0 aliphatic carbocycles. The lowest BCUT2D eigenvalue weighted by Gasteiger charge is -2.25. The number of amides is 5. The molecular weight excluding hydrogens is 488 g/mol. The van der Waals surface area contributed by atoms with Gasteiger partial charge in [-0.3, -0.25) is 24.0 Å². The summed E-state index contributed by atoms with van der Waals surface area (Å²) in [5, 5.41) is 16.7. The van der Waals surface area contributed by atoms with Gasteiger partial charge in [-0.05, 0) is 25.2 Å². The van der Waals surface area contributed by atoms with Gasteiger partial charge in [0, 0.05) is 31.2 Å². The molecule has 15 nitrogen and oxygen atoms in total. The molecule has 0 radical (unpaired) electrons. The van der Waals surface area contributed by atoms with Crippen molar-refractivity contribution in [1.82, 2.24) is 25.9 Å². The lowest BCUT2D eigenvalue weighted by atomic mass is 10.0. The average molecular weight is 525 g/mol. The van der Waals surface area contributed by atoms with E-state index in [1.54, 1.807) is 0 Å². The van der Waals surface area contributed by atoms with Crippen LogP contribution in [-0.2, 0) is 35.2 Å². The number of rotatable bonds is 17. The van der Waals surface area contributed by atoms with Crippen LogP contribution in [0.15, 0.2) is 12.5 Å². The van der Waals surface area contributed by atoms with E-state index in [0.29, 0.717) is 12.1 Å². The Morgan fingerprint density at radius 1 is 0.892 bits per heavy atom. The Hall–Kier alpha value is -4.01. The fourth-order valence-electron chi connectivity index (χ4n) is 3.37. The number of imidazole rings is 1. The van der Waals surface area contributed by atoms with Crippen LogP contribution >= 0.6 is 0 Å². The Morgan fingerprint density at radius 2 is 1.38 bits per heavy atom. The molecular formula is C22H36N8O7. The fraction of sp³-hybridized carbons (Fsp3) is 0.591. The number of carboxylic acids is 1. The third-order valence-electron chi connectivity index (χ3n) is 5.28. The Kier molecular flexibility index (Phi) is 12.7. The fourth-order valence-corrected chi connectivity index (χ4v) is 3.37. The van der Waals surface area contributed by atoms with Crippen molar-refractivity contribution in [3.63, 3.8) is 0 Å². The summed E-state index contributed by atoms with van der Waals surface area (Å²) in [5.41, 5.74) is 16.7. The first-order valence-electron chi connectivity index (χ1n) is 11.7. The van der Waals surface area contributed by atoms with Crippen molar-refractivity contribution in [2.45, 2.75) is 76.5 Å². The van der Waals surface area contributed by atoms with Crippen molar-refractivity contribution in [3.05, 3.63) is 18.2 Å². The summed E-state index contributed by atoms with van der Waals surface area (Å²) in [6.45, 7) is 3.73. The van der Waals surface area contributed by atoms with Gasteiger partial charge in [0.1, 0.15) is 18.1 Å². The SMILES string of the molecule is CC(C)CC(N)C(=O)NC(CCC(N)=O)C(=O)NC(CCC(N)=O)C(=O)NC(Cc1cnc[nH]1)C(=O)O. The number of carbonyl (C=O) groups excluding carboxylic acids is 5. The summed E-state index contributed by atoms with van der Waals surface area (Å²) in [5.74, 6) is -5.09. The van der Waals surface area contributed by atoms with Crippen molar-refractivity contribution >= 4 is 35.5 Å². The van der Waals surface area contributed by atoms with E-state index in [0.717, 1.165) is 0 Å². The third kappa shape index (κ3) is 12.0. The van der Waals surface area contributed by atoms with Gasteiger partial charge in [0.15, 0.2) is 0 Å². The summed E-state index contributed by atoms with van der Waals surface area (Å²) in [6.07, 6.45) is 1.99. The van der Waals surface area contributed by atoms with Crippen molar-refractivity contribution in [3.8, 4) is 0 Å². The minimum atomic E-state index is -1.37. The number of carboxylic acid groups (broad SMARTS) is 1. The molecule has 0 fully saturated rings. The summed E-state index contributed by atoms with van der Waals surface area (Å²) in [6, 6.07) is -4.94. The van der Waals surface area contributed by atoms with Crippen molar-refractivity contribution in [2.24, 2.45) is 23.1 Å². The predicted molar refractivity (Wildman–Crippen MR) is 130 cm³/mol. The molecule has 1 rings (SSSR count). The number of carbonyl (C=O) groups is 6. The number of aliphatic carboxylic acids is 1. The number of aromatic nitrogens is 2. The van der Waals surface area contributed by atoms with Crippen molar-refractivity contribution < 1.29 is 33.9 Å². The van der Waals surface area contributed by atoms with Crippen LogP contribution in [0.4, 0.5) is 0 Å². The molecule has 4 atom stereocenters. The summed E-state index contributed by atoms with van der Waals surface area (Å²) >= 11 is 0. The molecule has 0 saturated carbocycles. The van der Waals surface area contributed by atoms with Gasteiger partial charge in [0.25, 0.3) is 0 Å². The van der Waals surface area contributed by atoms with Gasteiger partial charge < -0.3 is 43.2 Å². The average Bonchev–Trinajstić information content (AvgIpc) is 3.30. The zero-order valence-corrected chi connectivity index (χ0v) is 20.9. The number of nitrogens with two attached hydrogens (primary N) is 3. The van der Waals surface area contributed by atoms with Crippen LogP contribution in [0.1, 0.15) is 51.6 Å². The Labute approximate surface area is 213 Å². The molecule has 0 aliphatic rings. The first-order chi connectivity index (χ1) is 17.3. The number of H-pyrrole nitrogens is 1. The van der Waals surface area contributed by atoms with E-state index in [4.69, 9.17) is 17.2 Å². The summed E-state index contributed by atoms with van der Waals surface area (Å²) in [4.78, 5) is 79.3. The molecule has 206 valence electrons. The zero-order chi connectivity index (χ0) is 28.1. The molecule has 11 N–H and O–H groups in total. The molecule has 15 heteroatoms. The molecule has 4 unspecified atom stereocenters. The molecule has 0 spiro atoms. The van der Waals surface area contributed by atoms with Gasteiger partial charge in [-0.25, -0.2) is 9.78 Å². The highest BCUT2D eigenvalue weighted by molar-refractivity contribution is 5.94. The Bertz CT molecular complexity index is 951. The van der Waals surface area contributed by atoms with E-state index in [2.05, 4.69) is 25.9 Å². The van der Waals surface area contributed by atoms with E-state index in [1.165, 1.54) is 12.5 Å². The first kappa shape index (κ1) is 31.0. The van der Waals surface area contributed by atoms with Gasteiger partial charge in [0.2, 0.25) is 29.5 Å². The van der Waals surface area contributed by atoms with E-state index in [9.17, 15) is 33.9 Å². The van der Waals surface area contributed by atoms with Gasteiger partial charge in [-0.2, -0.15) is 0 Å². The quantitative estimate of drug-likeness (QED) is 0.106. The van der Waals surface area contributed by atoms with Crippen molar-refractivity contribution in [2.75, 3.05) is 0 Å². The smallest absolute Gasteiger partial charge is 0.326 e. The highest BCUT2D eigenvalue weighted by atomic mass is 16.4. The number of primary amides is 2. The van der Waals surface area contributed by atoms with E-state index >= 15 is 0 Å². The van der Waals surface area contributed by atoms with Crippen molar-refractivity contribution in [1.29, 1.82) is 0 Å². The van der Waals surface area contributed by atoms with Crippen LogP contribution in [0.3, 0.4) is 0 Å². The lowest BCUT2D eigenvalue weighted by Crippen LogP contribution is -2.57. The second kappa shape index (κ2) is 15.2. The molecule has 0 aromatic carbocycles. The second-order valence-corrected chi connectivity index (χ2v) is 9.05. The standard InChI is InChI=1S/C22H36N8O7/c1-11(2)7-13(23)19(33)28-14(3-5-17(24)31)20(34)29-15(4-6-18(25)32)21(35)30-16(22(36)37)8-12-9-26-10-27-12/h9-11,13-16H,3-8,23H2,1-2H3,(H2,24,31)(H2,25,32)(H,26,27)(H,28,33)(H,29,34)(H,30,35)(H,36,37). The number of hydrogen-bond donors (Lipinski definition) is 8. The van der Waals surface area contributed by atoms with E-state index < -0.39 is 59.7 Å². The van der Waals surface area contributed by atoms with E-state index in [1.807, 2.05) is 13.8 Å². The molecule has 5 amide bonds. The van der Waals surface area contributed by atoms with Gasteiger partial charge >= 0.3 is 5.97 Å². The molecule has 0 aliphatic heterocycles. The molecule has 1 aromatic rings. The minimum absolute atomic E-state index is 0.101.